The van der Waals surface area contributed by atoms with Gasteiger partial charge < -0.3 is 15.2 Å². The largest absolute Gasteiger partial charge is 0.496 e. The third-order valence-corrected chi connectivity index (χ3v) is 3.21. The van der Waals surface area contributed by atoms with Gasteiger partial charge in [0.1, 0.15) is 5.75 Å². The SMILES string of the molecule is COc1c(C)cc(C)cc1CCCC(=O)NCCC(=O)O. The molecule has 0 saturated carbocycles. The Bertz CT molecular complexity index is 511. The molecule has 0 aromatic heterocycles. The van der Waals surface area contributed by atoms with Crippen LogP contribution in [0.4, 0.5) is 0 Å². The second-order valence-corrected chi connectivity index (χ2v) is 5.12. The maximum atomic E-state index is 11.6. The van der Waals surface area contributed by atoms with Crippen molar-refractivity contribution in [1.29, 1.82) is 0 Å². The van der Waals surface area contributed by atoms with Crippen molar-refractivity contribution in [1.82, 2.24) is 5.32 Å². The van der Waals surface area contributed by atoms with E-state index in [2.05, 4.69) is 17.4 Å². The molecule has 116 valence electrons. The number of hydrogen-bond donors (Lipinski definition) is 2. The number of hydrogen-bond acceptors (Lipinski definition) is 3. The van der Waals surface area contributed by atoms with Crippen LogP contribution in [0.5, 0.6) is 5.75 Å². The fourth-order valence-corrected chi connectivity index (χ4v) is 2.36. The van der Waals surface area contributed by atoms with E-state index in [4.69, 9.17) is 9.84 Å². The topological polar surface area (TPSA) is 75.6 Å². The van der Waals surface area contributed by atoms with Crippen LogP contribution in [-0.4, -0.2) is 30.6 Å². The number of aryl methyl sites for hydroxylation is 3. The van der Waals surface area contributed by atoms with E-state index in [0.717, 1.165) is 23.3 Å². The van der Waals surface area contributed by atoms with E-state index in [1.165, 1.54) is 5.56 Å². The lowest BCUT2D eigenvalue weighted by Crippen LogP contribution is -2.25. The second-order valence-electron chi connectivity index (χ2n) is 5.12. The molecule has 0 radical (unpaired) electrons. The predicted octanol–water partition coefficient (Wildman–Crippen LogP) is 2.23. The first-order valence-electron chi connectivity index (χ1n) is 7.06. The first-order valence-corrected chi connectivity index (χ1v) is 7.06. The average Bonchev–Trinajstić information content (AvgIpc) is 2.37. The van der Waals surface area contributed by atoms with Crippen LogP contribution in [0, 0.1) is 13.8 Å². The van der Waals surface area contributed by atoms with Gasteiger partial charge in [-0.3, -0.25) is 9.59 Å². The lowest BCUT2D eigenvalue weighted by Gasteiger charge is -2.12. The molecule has 0 fully saturated rings. The number of aliphatic carboxylic acids is 1. The van der Waals surface area contributed by atoms with E-state index < -0.39 is 5.97 Å². The number of methoxy groups -OCH3 is 1. The smallest absolute Gasteiger partial charge is 0.305 e. The van der Waals surface area contributed by atoms with E-state index in [0.29, 0.717) is 12.8 Å². The standard InChI is InChI=1S/C16H23NO4/c1-11-9-12(2)16(21-3)13(10-11)5-4-6-14(18)17-8-7-15(19)20/h9-10H,4-8H2,1-3H3,(H,17,18)(H,19,20). The Kier molecular flexibility index (Phi) is 6.72. The zero-order valence-corrected chi connectivity index (χ0v) is 12.9. The van der Waals surface area contributed by atoms with Crippen LogP contribution in [0.25, 0.3) is 0 Å². The van der Waals surface area contributed by atoms with Crippen molar-refractivity contribution in [2.24, 2.45) is 0 Å². The number of carboxylic acid groups (broad SMARTS) is 1. The molecule has 1 rings (SSSR count). The minimum absolute atomic E-state index is 0.0450. The summed E-state index contributed by atoms with van der Waals surface area (Å²) in [5.41, 5.74) is 3.38. The van der Waals surface area contributed by atoms with Crippen LogP contribution >= 0.6 is 0 Å². The molecular formula is C16H23NO4. The summed E-state index contributed by atoms with van der Waals surface area (Å²) >= 11 is 0. The Labute approximate surface area is 125 Å². The van der Waals surface area contributed by atoms with Gasteiger partial charge in [0.25, 0.3) is 0 Å². The van der Waals surface area contributed by atoms with Gasteiger partial charge in [-0.1, -0.05) is 17.7 Å². The van der Waals surface area contributed by atoms with Crippen molar-refractivity contribution in [3.05, 3.63) is 28.8 Å². The molecule has 0 bridgehead atoms. The van der Waals surface area contributed by atoms with Crippen LogP contribution < -0.4 is 10.1 Å². The van der Waals surface area contributed by atoms with E-state index in [9.17, 15) is 9.59 Å². The minimum Gasteiger partial charge on any atom is -0.496 e. The molecule has 1 aromatic carbocycles. The summed E-state index contributed by atoms with van der Waals surface area (Å²) in [5.74, 6) is -0.137. The van der Waals surface area contributed by atoms with Crippen molar-refractivity contribution in [2.75, 3.05) is 13.7 Å². The minimum atomic E-state index is -0.907. The third kappa shape index (κ3) is 5.85. The van der Waals surface area contributed by atoms with Gasteiger partial charge in [-0.05, 0) is 37.8 Å². The van der Waals surface area contributed by atoms with E-state index in [1.54, 1.807) is 7.11 Å². The van der Waals surface area contributed by atoms with Gasteiger partial charge in [0.2, 0.25) is 5.91 Å². The Morgan fingerprint density at radius 3 is 2.57 bits per heavy atom. The van der Waals surface area contributed by atoms with Gasteiger partial charge in [0, 0.05) is 13.0 Å². The summed E-state index contributed by atoms with van der Waals surface area (Å²) in [6.45, 7) is 4.23. The predicted molar refractivity (Wildman–Crippen MR) is 80.7 cm³/mol. The summed E-state index contributed by atoms with van der Waals surface area (Å²) in [5, 5.41) is 11.1. The van der Waals surface area contributed by atoms with Gasteiger partial charge in [0.15, 0.2) is 0 Å². The summed E-state index contributed by atoms with van der Waals surface area (Å²) < 4.78 is 5.41. The molecule has 1 amide bonds. The highest BCUT2D eigenvalue weighted by atomic mass is 16.5. The molecule has 1 aromatic rings. The fraction of sp³-hybridized carbons (Fsp3) is 0.500. The molecule has 0 unspecified atom stereocenters. The number of carbonyl (C=O) groups excluding carboxylic acids is 1. The highest BCUT2D eigenvalue weighted by molar-refractivity contribution is 5.76. The summed E-state index contributed by atoms with van der Waals surface area (Å²) in [6.07, 6.45) is 1.81. The van der Waals surface area contributed by atoms with Gasteiger partial charge in [-0.15, -0.1) is 0 Å². The van der Waals surface area contributed by atoms with Crippen LogP contribution in [0.2, 0.25) is 0 Å². The summed E-state index contributed by atoms with van der Waals surface area (Å²) in [4.78, 5) is 21.9. The molecule has 5 heteroatoms. The lowest BCUT2D eigenvalue weighted by molar-refractivity contribution is -0.136. The second kappa shape index (κ2) is 8.29. The summed E-state index contributed by atoms with van der Waals surface area (Å²) in [7, 11) is 1.65. The molecule has 2 N–H and O–H groups in total. The summed E-state index contributed by atoms with van der Waals surface area (Å²) in [6, 6.07) is 4.15. The number of nitrogens with one attached hydrogen (secondary N) is 1. The number of carbonyl (C=O) groups is 2. The van der Waals surface area contributed by atoms with E-state index >= 15 is 0 Å². The molecular weight excluding hydrogens is 270 g/mol. The fourth-order valence-electron chi connectivity index (χ4n) is 2.36. The molecule has 21 heavy (non-hydrogen) atoms. The zero-order valence-electron chi connectivity index (χ0n) is 12.9. The Morgan fingerprint density at radius 1 is 1.24 bits per heavy atom. The molecule has 0 saturated heterocycles. The first kappa shape index (κ1) is 17.0. The van der Waals surface area contributed by atoms with Crippen LogP contribution in [0.15, 0.2) is 12.1 Å². The van der Waals surface area contributed by atoms with Crippen molar-refractivity contribution in [3.63, 3.8) is 0 Å². The molecule has 0 aliphatic carbocycles. The maximum Gasteiger partial charge on any atom is 0.305 e. The maximum absolute atomic E-state index is 11.6. The molecule has 0 heterocycles. The van der Waals surface area contributed by atoms with E-state index in [-0.39, 0.29) is 18.9 Å². The third-order valence-electron chi connectivity index (χ3n) is 3.21. The molecule has 5 nitrogen and oxygen atoms in total. The number of ether oxygens (including phenoxy) is 1. The van der Waals surface area contributed by atoms with Crippen molar-refractivity contribution in [2.45, 2.75) is 39.5 Å². The Hall–Kier alpha value is -2.04. The molecule has 0 spiro atoms. The lowest BCUT2D eigenvalue weighted by atomic mass is 10.0. The number of amides is 1. The van der Waals surface area contributed by atoms with Crippen LogP contribution in [0.1, 0.15) is 36.0 Å². The monoisotopic (exact) mass is 293 g/mol. The number of rotatable bonds is 8. The van der Waals surface area contributed by atoms with Gasteiger partial charge in [0.05, 0.1) is 13.5 Å². The molecule has 0 aliphatic rings. The number of benzene rings is 1. The van der Waals surface area contributed by atoms with Gasteiger partial charge in [-0.25, -0.2) is 0 Å². The van der Waals surface area contributed by atoms with Crippen LogP contribution in [0.3, 0.4) is 0 Å². The molecule has 0 aliphatic heterocycles. The van der Waals surface area contributed by atoms with E-state index in [1.807, 2.05) is 13.8 Å². The Morgan fingerprint density at radius 2 is 1.95 bits per heavy atom. The van der Waals surface area contributed by atoms with Crippen molar-refractivity contribution in [3.8, 4) is 5.75 Å². The zero-order chi connectivity index (χ0) is 15.8. The number of carboxylic acids is 1. The highest BCUT2D eigenvalue weighted by Gasteiger charge is 2.09. The van der Waals surface area contributed by atoms with Crippen molar-refractivity contribution < 1.29 is 19.4 Å². The highest BCUT2D eigenvalue weighted by Crippen LogP contribution is 2.26. The van der Waals surface area contributed by atoms with Crippen LogP contribution in [-0.2, 0) is 16.0 Å². The average molecular weight is 293 g/mol. The van der Waals surface area contributed by atoms with Gasteiger partial charge in [-0.2, -0.15) is 0 Å². The first-order chi connectivity index (χ1) is 9.93. The normalized spacial score (nSPS) is 10.2. The van der Waals surface area contributed by atoms with Crippen molar-refractivity contribution >= 4 is 11.9 Å². The molecule has 0 atom stereocenters. The van der Waals surface area contributed by atoms with Gasteiger partial charge >= 0.3 is 5.97 Å². The quantitative estimate of drug-likeness (QED) is 0.770. The Balaban J connectivity index is 2.45.